The van der Waals surface area contributed by atoms with E-state index < -0.39 is 16.3 Å². The standard InChI is InChI=1S/2C20H35N2Si.2C19H31N2.4C9H12N.4CH3.Er.La.Sc.Y/c1-20(2,3)21-23(4,5)15-16-14-19(22-12-8-9-13-22)18-11-7-6-10-17(16)18;1-20(2,3)21-15-23(4,5)19-14-18(22-12-8-9-13-22)16-10-6-7-11-17(16)19;2*1-19(2,3)20-11-10-15-14-18(21-12-6-7-13-21)17-9-5-4-8-16(15)17;4*1-8-6-4-5-7-9(8)10(2)3;;;;;;;;/h2*6-7,10-11,16-19H,8-9,12-15H2,1-5H3;2*4-5,8-9,15-18H,6-7,10-14H2,1-3H3;4*4-7H,1H2,2-3H3;4*1H3;;;;/q12*-1;4*+3. The second-order valence-electron chi connectivity index (χ2n) is 45.3. The van der Waals surface area contributed by atoms with Gasteiger partial charge < -0.3 is 70.2 Å². The molecule has 4 aromatic rings. The summed E-state index contributed by atoms with van der Waals surface area (Å²) in [6.45, 7) is 65.1. The van der Waals surface area contributed by atoms with Crippen molar-refractivity contribution in [2.45, 2.75) is 257 Å². The third-order valence-electron chi connectivity index (χ3n) is 28.8. The number of benzene rings is 4. The molecule has 16 atom stereocenters. The number of fused-ring (bicyclic) bond motifs is 4. The van der Waals surface area contributed by atoms with E-state index in [0.717, 1.165) is 136 Å². The normalized spacial score (nSPS) is 25.8. The SMILES string of the molecule is CC(C)(C)[N-]CCC1CC(N2CCCC2)C2C=CC=CC12.CC(C)(C)[N-]CCC1CC(N2CCCC2)C2C=CC=CC12.CC(C)(C)[N-]C[Si](C)(C)C1CC(N2CCCC2)C2C=CC=CC21.CC(C)(C)[N-][Si](C)(C)CC1CC(N2CCCC2)C2C=CC=CC12.[CH2-]c1ccccc1N(C)C.[CH2-]c1ccccc1N(C)C.[CH2-]c1ccccc1N(C)C.[CH2-]c1ccccc1N(C)C.[CH3-].[CH3-].[CH3-].[CH3-].[Er+3].[La+3].[Sc+3].[Y+3]. The van der Waals surface area contributed by atoms with Crippen molar-refractivity contribution in [2.75, 3.05) is 148 Å². The van der Waals surface area contributed by atoms with Gasteiger partial charge >= 0.3 is 131 Å². The van der Waals surface area contributed by atoms with Crippen molar-refractivity contribution < 1.29 is 131 Å². The molecular weight excluding hydrogens is 2080 g/mol. The fourth-order valence-corrected chi connectivity index (χ4v) is 30.0. The molecule has 4 aromatic carbocycles. The molecule has 12 aliphatic rings. The molecule has 0 amide bonds. The zero-order chi connectivity index (χ0) is 93.3. The average Bonchev–Trinajstić information content (AvgIpc) is 1.62. The van der Waals surface area contributed by atoms with Gasteiger partial charge in [-0.1, -0.05) is 305 Å². The van der Waals surface area contributed by atoms with E-state index >= 15 is 0 Å². The summed E-state index contributed by atoms with van der Waals surface area (Å²) in [7, 11) is 13.3. The van der Waals surface area contributed by atoms with Crippen LogP contribution in [0, 0.1) is 195 Å². The van der Waals surface area contributed by atoms with Crippen LogP contribution in [0.2, 0.25) is 37.8 Å². The van der Waals surface area contributed by atoms with Crippen LogP contribution in [0.25, 0.3) is 20.9 Å². The summed E-state index contributed by atoms with van der Waals surface area (Å²) in [4.78, 5) is 24.6. The van der Waals surface area contributed by atoms with Gasteiger partial charge in [-0.05, 0) is 256 Å². The quantitative estimate of drug-likeness (QED) is 0.0639. The van der Waals surface area contributed by atoms with E-state index in [9.17, 15) is 0 Å². The van der Waals surface area contributed by atoms with E-state index in [-0.39, 0.29) is 183 Å². The van der Waals surface area contributed by atoms with E-state index in [1.807, 2.05) is 129 Å². The van der Waals surface area contributed by atoms with Crippen molar-refractivity contribution in [1.29, 1.82) is 0 Å². The minimum atomic E-state index is -1.50. The van der Waals surface area contributed by atoms with E-state index in [1.54, 1.807) is 0 Å². The molecule has 8 aliphatic carbocycles. The van der Waals surface area contributed by atoms with Crippen LogP contribution in [-0.2, 0) is 58.6 Å². The fraction of sp³-hybridized carbons (Fsp3) is 0.593. The van der Waals surface area contributed by atoms with Gasteiger partial charge in [-0.15, -0.1) is 59.5 Å². The molecule has 16 rings (SSSR count). The molecule has 18 heteroatoms. The molecule has 0 bridgehead atoms. The predicted molar refractivity (Wildman–Crippen MR) is 595 cm³/mol. The summed E-state index contributed by atoms with van der Waals surface area (Å²) in [5.74, 6) is 8.55. The van der Waals surface area contributed by atoms with Gasteiger partial charge in [0, 0.05) is 32.2 Å². The zero-order valence-electron chi connectivity index (χ0n) is 91.3. The molecule has 0 spiro atoms. The van der Waals surface area contributed by atoms with E-state index in [0.29, 0.717) is 0 Å². The number of nitrogens with zero attached hydrogens (tertiary/aromatic N) is 12. The van der Waals surface area contributed by atoms with Crippen LogP contribution in [0.1, 0.15) is 195 Å². The molecule has 16 unspecified atom stereocenters. The third-order valence-corrected chi connectivity index (χ3v) is 35.2. The Bertz CT molecular complexity index is 3920. The Labute approximate surface area is 944 Å². The van der Waals surface area contributed by atoms with E-state index in [4.69, 9.17) is 20.9 Å². The Balaban J connectivity index is 0.000000789. The number of hydrogen-bond acceptors (Lipinski definition) is 8. The van der Waals surface area contributed by atoms with Crippen LogP contribution in [0.3, 0.4) is 0 Å². The number of hydrogen-bond donors (Lipinski definition) is 0. The largest absolute Gasteiger partial charge is 3.00 e. The molecule has 1 radical (unpaired) electrons. The minimum absolute atomic E-state index is 0. The summed E-state index contributed by atoms with van der Waals surface area (Å²) in [6.07, 6.45) is 58.6. The van der Waals surface area contributed by atoms with Gasteiger partial charge in [-0.2, -0.15) is 80.4 Å². The molecule has 136 heavy (non-hydrogen) atoms. The average molecular weight is 2280 g/mol. The Morgan fingerprint density at radius 2 is 0.559 bits per heavy atom. The van der Waals surface area contributed by atoms with Crippen LogP contribution in [0.4, 0.5) is 22.7 Å². The molecule has 8 fully saturated rings. The number of anilines is 4. The first-order chi connectivity index (χ1) is 60.5. The first-order valence-electron chi connectivity index (χ1n) is 50.0. The van der Waals surface area contributed by atoms with Crippen molar-refractivity contribution in [3.63, 3.8) is 0 Å². The second kappa shape index (κ2) is 62.9. The van der Waals surface area contributed by atoms with Gasteiger partial charge in [-0.25, -0.2) is 0 Å². The van der Waals surface area contributed by atoms with Gasteiger partial charge in [-0.3, -0.25) is 19.6 Å². The van der Waals surface area contributed by atoms with Crippen LogP contribution < -0.4 is 19.6 Å². The van der Waals surface area contributed by atoms with Crippen LogP contribution >= 0.6 is 0 Å². The first-order valence-corrected chi connectivity index (χ1v) is 56.4. The van der Waals surface area contributed by atoms with Crippen molar-refractivity contribution in [2.24, 2.45) is 65.1 Å². The van der Waals surface area contributed by atoms with E-state index in [2.05, 4.69) is 298 Å². The van der Waals surface area contributed by atoms with Gasteiger partial charge in [0.2, 0.25) is 0 Å². The van der Waals surface area contributed by atoms with Crippen LogP contribution in [-0.4, -0.2) is 210 Å². The maximum Gasteiger partial charge on any atom is 3.00 e. The smallest absolute Gasteiger partial charge is 0.660 e. The summed E-state index contributed by atoms with van der Waals surface area (Å²) >= 11 is 0. The van der Waals surface area contributed by atoms with Gasteiger partial charge in [0.25, 0.3) is 0 Å². The number of allylic oxidation sites excluding steroid dienone is 12. The zero-order valence-corrected chi connectivity index (χ0v) is 103. The van der Waals surface area contributed by atoms with Crippen molar-refractivity contribution in [1.82, 2.24) is 19.6 Å². The molecule has 4 saturated heterocycles. The van der Waals surface area contributed by atoms with Crippen molar-refractivity contribution >= 4 is 39.1 Å². The Hall–Kier alpha value is -1.99. The van der Waals surface area contributed by atoms with Crippen LogP contribution in [0.15, 0.2) is 194 Å². The topological polar surface area (TPSA) is 82.3 Å². The minimum Gasteiger partial charge on any atom is -0.660 e. The Morgan fingerprint density at radius 3 is 0.801 bits per heavy atom. The molecular formula is C118H192ErLaN12ScSi2Y. The summed E-state index contributed by atoms with van der Waals surface area (Å²) < 4.78 is 0. The van der Waals surface area contributed by atoms with Gasteiger partial charge in [0.05, 0.1) is 0 Å². The van der Waals surface area contributed by atoms with E-state index in [1.165, 1.54) is 171 Å². The molecule has 12 nitrogen and oxygen atoms in total. The predicted octanol–water partition coefficient (Wildman–Crippen LogP) is 28.5. The Morgan fingerprint density at radius 1 is 0.331 bits per heavy atom. The molecule has 4 aliphatic heterocycles. The molecule has 753 valence electrons. The number of para-hydroxylation sites is 4. The van der Waals surface area contributed by atoms with Crippen molar-refractivity contribution in [3.8, 4) is 0 Å². The molecule has 0 N–H and O–H groups in total. The number of rotatable bonds is 20. The summed E-state index contributed by atoms with van der Waals surface area (Å²) in [5, 5.41) is 14.7. The molecule has 0 aromatic heterocycles. The first kappa shape index (κ1) is 132. The van der Waals surface area contributed by atoms with Crippen molar-refractivity contribution in [3.05, 3.63) is 295 Å². The maximum atomic E-state index is 5.25. The van der Waals surface area contributed by atoms with Gasteiger partial charge in [0.1, 0.15) is 0 Å². The van der Waals surface area contributed by atoms with Gasteiger partial charge in [0.15, 0.2) is 0 Å². The monoisotopic (exact) mass is 2270 g/mol. The molecule has 4 saturated carbocycles. The van der Waals surface area contributed by atoms with Crippen LogP contribution in [0.5, 0.6) is 0 Å². The maximum absolute atomic E-state index is 5.25. The third kappa shape index (κ3) is 42.1. The fourth-order valence-electron chi connectivity index (χ4n) is 23.0. The Kier molecular flexibility index (Phi) is 61.0. The summed E-state index contributed by atoms with van der Waals surface area (Å²) in [6, 6.07) is 36.8. The summed E-state index contributed by atoms with van der Waals surface area (Å²) in [5.41, 5.74) is 10.4. The number of likely N-dealkylation sites (tertiary alicyclic amines) is 4. The molecule has 4 heterocycles. The second-order valence-corrected chi connectivity index (χ2v) is 54.6.